The van der Waals surface area contributed by atoms with E-state index in [1.54, 1.807) is 27.7 Å². The second-order valence-electron chi connectivity index (χ2n) is 6.83. The van der Waals surface area contributed by atoms with Gasteiger partial charge in [-0.3, -0.25) is 0 Å². The van der Waals surface area contributed by atoms with Crippen LogP contribution >= 0.6 is 8.25 Å². The van der Waals surface area contributed by atoms with Crippen LogP contribution in [0.3, 0.4) is 0 Å². The van der Waals surface area contributed by atoms with Crippen molar-refractivity contribution in [1.29, 1.82) is 0 Å². The van der Waals surface area contributed by atoms with Gasteiger partial charge in [0.05, 0.1) is 48.7 Å². The summed E-state index contributed by atoms with van der Waals surface area (Å²) >= 11 is 0. The Balaban J connectivity index is 2.35. The molecule has 0 radical (unpaired) electrons. The molecule has 0 aliphatic carbocycles. The van der Waals surface area contributed by atoms with E-state index in [-0.39, 0.29) is 60.2 Å². The molecule has 11 nitrogen and oxygen atoms in total. The van der Waals surface area contributed by atoms with E-state index in [1.807, 2.05) is 0 Å². The maximum Gasteiger partial charge on any atom is 0.418 e. The Labute approximate surface area is 208 Å². The molecule has 0 atom stereocenters. The minimum absolute atomic E-state index is 0.0268. The summed E-state index contributed by atoms with van der Waals surface area (Å²) in [6, 6.07) is 7.43. The lowest BCUT2D eigenvalue weighted by molar-refractivity contribution is 0.0506. The Hall–Kier alpha value is -3.85. The van der Waals surface area contributed by atoms with Crippen LogP contribution in [0, 0.1) is 0 Å². The first kappa shape index (κ1) is 28.4. The highest BCUT2D eigenvalue weighted by Gasteiger charge is 2.19. The van der Waals surface area contributed by atoms with Crippen molar-refractivity contribution in [3.8, 4) is 11.5 Å². The van der Waals surface area contributed by atoms with E-state index >= 15 is 0 Å². The Morgan fingerprint density at radius 3 is 1.00 bits per heavy atom. The van der Waals surface area contributed by atoms with Crippen LogP contribution < -0.4 is 9.05 Å². The van der Waals surface area contributed by atoms with Crippen LogP contribution in [-0.4, -0.2) is 50.3 Å². The molecule has 0 aliphatic heterocycles. The summed E-state index contributed by atoms with van der Waals surface area (Å²) in [5.41, 5.74) is -0.107. The van der Waals surface area contributed by atoms with Gasteiger partial charge in [0.2, 0.25) is 0 Å². The molecule has 0 bridgehead atoms. The number of hydrogen-bond acceptors (Lipinski definition) is 11. The maximum atomic E-state index is 12.7. The fourth-order valence-corrected chi connectivity index (χ4v) is 3.52. The number of carbonyl (C=O) groups excluding carboxylic acids is 4. The van der Waals surface area contributed by atoms with E-state index in [9.17, 15) is 23.7 Å². The Bertz CT molecular complexity index is 983. The molecule has 0 N–H and O–H groups in total. The highest BCUT2D eigenvalue weighted by Crippen LogP contribution is 2.33. The SMILES string of the molecule is CCOC(=O)c1cc(O[PH](=O)Oc2cc(C(=O)OCC)cc(C(=O)OCC)c2)cc(C(=O)OCC)c1. The van der Waals surface area contributed by atoms with Gasteiger partial charge in [0.25, 0.3) is 0 Å². The first-order chi connectivity index (χ1) is 17.2. The smallest absolute Gasteiger partial charge is 0.418 e. The molecule has 0 saturated heterocycles. The summed E-state index contributed by atoms with van der Waals surface area (Å²) in [6.07, 6.45) is 0. The van der Waals surface area contributed by atoms with Crippen LogP contribution in [0.5, 0.6) is 11.5 Å². The molecule has 2 aromatic rings. The van der Waals surface area contributed by atoms with Gasteiger partial charge in [0.15, 0.2) is 0 Å². The summed E-state index contributed by atoms with van der Waals surface area (Å²) in [7, 11) is -3.37. The van der Waals surface area contributed by atoms with Gasteiger partial charge in [-0.05, 0) is 64.1 Å². The number of rotatable bonds is 12. The van der Waals surface area contributed by atoms with Crippen molar-refractivity contribution in [1.82, 2.24) is 0 Å². The summed E-state index contributed by atoms with van der Waals surface area (Å²) < 4.78 is 43.2. The summed E-state index contributed by atoms with van der Waals surface area (Å²) in [4.78, 5) is 48.8. The van der Waals surface area contributed by atoms with Gasteiger partial charge < -0.3 is 28.0 Å². The molecular formula is C24H27O11P. The zero-order valence-electron chi connectivity index (χ0n) is 20.3. The fourth-order valence-electron chi connectivity index (χ4n) is 2.86. The Morgan fingerprint density at radius 1 is 0.528 bits per heavy atom. The average Bonchev–Trinajstić information content (AvgIpc) is 2.84. The molecule has 194 valence electrons. The summed E-state index contributed by atoms with van der Waals surface area (Å²) in [6.45, 7) is 6.85. The topological polar surface area (TPSA) is 141 Å². The van der Waals surface area contributed by atoms with Gasteiger partial charge in [-0.2, -0.15) is 0 Å². The molecule has 2 rings (SSSR count). The molecule has 0 unspecified atom stereocenters. The third kappa shape index (κ3) is 8.13. The molecule has 0 saturated carbocycles. The highest BCUT2D eigenvalue weighted by molar-refractivity contribution is 7.34. The average molecular weight is 522 g/mol. The lowest BCUT2D eigenvalue weighted by Crippen LogP contribution is -2.10. The fraction of sp³-hybridized carbons (Fsp3) is 0.333. The third-order valence-corrected chi connectivity index (χ3v) is 5.06. The standard InChI is InChI=1S/C24H27O11P/c1-5-30-21(25)15-9-16(22(26)31-6-2)12-19(11-15)34-36(29)35-20-13-17(23(27)32-7-3)10-18(14-20)24(28)33-8-4/h9-14,36H,5-8H2,1-4H3. The Morgan fingerprint density at radius 2 is 0.778 bits per heavy atom. The highest BCUT2D eigenvalue weighted by atomic mass is 31.1. The molecule has 0 spiro atoms. The minimum Gasteiger partial charge on any atom is -0.462 e. The van der Waals surface area contributed by atoms with Crippen molar-refractivity contribution in [3.05, 3.63) is 58.7 Å². The molecule has 0 aliphatic rings. The lowest BCUT2D eigenvalue weighted by atomic mass is 10.1. The van der Waals surface area contributed by atoms with Gasteiger partial charge in [0, 0.05) is 0 Å². The van der Waals surface area contributed by atoms with Crippen LogP contribution in [0.4, 0.5) is 0 Å². The van der Waals surface area contributed by atoms with Crippen molar-refractivity contribution in [2.24, 2.45) is 0 Å². The van der Waals surface area contributed by atoms with Gasteiger partial charge in [0.1, 0.15) is 11.5 Å². The van der Waals surface area contributed by atoms with Crippen LogP contribution in [0.25, 0.3) is 0 Å². The molecule has 2 aromatic carbocycles. The number of ether oxygens (including phenoxy) is 4. The van der Waals surface area contributed by atoms with Crippen LogP contribution in [0.2, 0.25) is 0 Å². The molecule has 0 aromatic heterocycles. The number of esters is 4. The molecule has 0 heterocycles. The van der Waals surface area contributed by atoms with E-state index in [0.717, 1.165) is 0 Å². The van der Waals surface area contributed by atoms with Crippen molar-refractivity contribution >= 4 is 32.1 Å². The normalized spacial score (nSPS) is 10.4. The summed E-state index contributed by atoms with van der Waals surface area (Å²) in [5.74, 6) is -3.16. The van der Waals surface area contributed by atoms with Crippen LogP contribution in [0.15, 0.2) is 36.4 Å². The van der Waals surface area contributed by atoms with Crippen LogP contribution in [0.1, 0.15) is 69.1 Å². The molecule has 12 heteroatoms. The third-order valence-electron chi connectivity index (χ3n) is 4.26. The van der Waals surface area contributed by atoms with E-state index in [4.69, 9.17) is 28.0 Å². The van der Waals surface area contributed by atoms with Gasteiger partial charge in [-0.25, -0.2) is 23.7 Å². The second-order valence-corrected chi connectivity index (χ2v) is 7.74. The van der Waals surface area contributed by atoms with E-state index in [0.29, 0.717) is 0 Å². The molecule has 0 fully saturated rings. The number of carbonyl (C=O) groups is 4. The van der Waals surface area contributed by atoms with Gasteiger partial charge in [-0.1, -0.05) is 0 Å². The monoisotopic (exact) mass is 522 g/mol. The molecule has 36 heavy (non-hydrogen) atoms. The minimum atomic E-state index is -3.37. The number of hydrogen-bond donors (Lipinski definition) is 0. The predicted octanol–water partition coefficient (Wildman–Crippen LogP) is 4.24. The molecule has 0 amide bonds. The van der Waals surface area contributed by atoms with Crippen molar-refractivity contribution in [3.63, 3.8) is 0 Å². The number of benzene rings is 2. The first-order valence-corrected chi connectivity index (χ1v) is 12.3. The Kier molecular flexibility index (Phi) is 11.0. The quantitative estimate of drug-likeness (QED) is 0.224. The van der Waals surface area contributed by atoms with E-state index in [1.165, 1.54) is 36.4 Å². The van der Waals surface area contributed by atoms with Gasteiger partial charge in [-0.15, -0.1) is 0 Å². The predicted molar refractivity (Wildman–Crippen MR) is 127 cm³/mol. The van der Waals surface area contributed by atoms with Crippen molar-refractivity contribution in [2.75, 3.05) is 26.4 Å². The summed E-state index contributed by atoms with van der Waals surface area (Å²) in [5, 5.41) is 0. The molecular weight excluding hydrogens is 495 g/mol. The van der Waals surface area contributed by atoms with Crippen molar-refractivity contribution < 1.29 is 51.7 Å². The van der Waals surface area contributed by atoms with E-state index < -0.39 is 32.1 Å². The van der Waals surface area contributed by atoms with Crippen LogP contribution in [-0.2, 0) is 23.5 Å². The van der Waals surface area contributed by atoms with Crippen molar-refractivity contribution in [2.45, 2.75) is 27.7 Å². The largest absolute Gasteiger partial charge is 0.462 e. The van der Waals surface area contributed by atoms with E-state index in [2.05, 4.69) is 0 Å². The maximum absolute atomic E-state index is 12.7. The zero-order valence-corrected chi connectivity index (χ0v) is 21.3. The van der Waals surface area contributed by atoms with Gasteiger partial charge >= 0.3 is 32.1 Å². The lowest BCUT2D eigenvalue weighted by Gasteiger charge is -2.13. The second kappa shape index (κ2) is 13.9. The first-order valence-electron chi connectivity index (χ1n) is 11.1. The zero-order chi connectivity index (χ0) is 26.7.